The minimum Gasteiger partial charge on any atom is -0.367 e. The lowest BCUT2D eigenvalue weighted by Crippen LogP contribution is -2.50. The molecule has 2 aliphatic heterocycles. The predicted octanol–water partition coefficient (Wildman–Crippen LogP) is 4.98. The number of hydrogen-bond acceptors (Lipinski definition) is 7. The van der Waals surface area contributed by atoms with E-state index >= 15 is 4.39 Å². The van der Waals surface area contributed by atoms with Crippen molar-refractivity contribution in [2.45, 2.75) is 25.6 Å². The second-order valence-corrected chi connectivity index (χ2v) is 11.2. The van der Waals surface area contributed by atoms with Crippen LogP contribution < -0.4 is 15.1 Å². The highest BCUT2D eigenvalue weighted by Gasteiger charge is 2.36. The molecule has 2 aromatic carbocycles. The van der Waals surface area contributed by atoms with Crippen LogP contribution in [0.5, 0.6) is 0 Å². The molecule has 1 amide bonds. The van der Waals surface area contributed by atoms with Gasteiger partial charge in [0.25, 0.3) is 5.91 Å². The molecule has 0 spiro atoms. The Morgan fingerprint density at radius 2 is 1.65 bits per heavy atom. The molecule has 1 unspecified atom stereocenters. The average molecular weight is 604 g/mol. The number of benzene rings is 2. The third kappa shape index (κ3) is 6.88. The van der Waals surface area contributed by atoms with Gasteiger partial charge in [0.1, 0.15) is 11.6 Å². The molecule has 13 heteroatoms. The van der Waals surface area contributed by atoms with Gasteiger partial charge >= 0.3 is 6.18 Å². The normalized spacial score (nSPS) is 18.9. The molecule has 0 saturated carbocycles. The molecule has 2 fully saturated rings. The quantitative estimate of drug-likeness (QED) is 0.413. The molecule has 8 nitrogen and oxygen atoms in total. The topological polar surface area (TPSA) is 67.8 Å². The first-order valence-corrected chi connectivity index (χ1v) is 14.1. The lowest BCUT2D eigenvalue weighted by molar-refractivity contribution is -0.138. The number of anilines is 3. The monoisotopic (exact) mass is 603 g/mol. The Bertz CT molecular complexity index is 1470. The average Bonchev–Trinajstić information content (AvgIpc) is 3.19. The maximum absolute atomic E-state index is 15.7. The summed E-state index contributed by atoms with van der Waals surface area (Å²) in [4.78, 5) is 30.5. The number of carbonyl (C=O) groups is 1. The molecule has 0 radical (unpaired) electrons. The van der Waals surface area contributed by atoms with E-state index in [0.717, 1.165) is 44.7 Å². The first-order chi connectivity index (χ1) is 20.4. The molecule has 3 aromatic rings. The number of halogens is 5. The molecule has 1 aromatic heterocycles. The van der Waals surface area contributed by atoms with Crippen LogP contribution in [0.3, 0.4) is 0 Å². The molecule has 230 valence electrons. The van der Waals surface area contributed by atoms with Crippen molar-refractivity contribution in [3.63, 3.8) is 0 Å². The van der Waals surface area contributed by atoms with E-state index < -0.39 is 34.8 Å². The zero-order chi connectivity index (χ0) is 30.9. The number of amides is 1. The summed E-state index contributed by atoms with van der Waals surface area (Å²) in [5, 5.41) is 2.56. The smallest absolute Gasteiger partial charge is 0.367 e. The van der Waals surface area contributed by atoms with Gasteiger partial charge in [0, 0.05) is 68.8 Å². The van der Waals surface area contributed by atoms with Crippen molar-refractivity contribution in [2.24, 2.45) is 0 Å². The Balaban J connectivity index is 1.51. The first-order valence-electron chi connectivity index (χ1n) is 14.1. The summed E-state index contributed by atoms with van der Waals surface area (Å²) in [7, 11) is 4.02. The van der Waals surface area contributed by atoms with Gasteiger partial charge in [0.05, 0.1) is 22.5 Å². The van der Waals surface area contributed by atoms with E-state index in [9.17, 15) is 22.4 Å². The van der Waals surface area contributed by atoms with Crippen LogP contribution in [0.4, 0.5) is 39.3 Å². The Morgan fingerprint density at radius 1 is 0.930 bits per heavy atom. The summed E-state index contributed by atoms with van der Waals surface area (Å²) in [5.41, 5.74) is -1.26. The van der Waals surface area contributed by atoms with E-state index in [1.54, 1.807) is 0 Å². The second kappa shape index (κ2) is 12.4. The summed E-state index contributed by atoms with van der Waals surface area (Å²) >= 11 is 0. The highest BCUT2D eigenvalue weighted by molar-refractivity contribution is 6.07. The number of nitrogens with zero attached hydrogens (tertiary/aromatic N) is 6. The Morgan fingerprint density at radius 3 is 2.35 bits per heavy atom. The van der Waals surface area contributed by atoms with E-state index in [4.69, 9.17) is 0 Å². The molecule has 0 bridgehead atoms. The van der Waals surface area contributed by atoms with Gasteiger partial charge in [-0.15, -0.1) is 0 Å². The van der Waals surface area contributed by atoms with Crippen LogP contribution in [-0.4, -0.2) is 91.6 Å². The zero-order valence-electron chi connectivity index (χ0n) is 24.3. The standard InChI is InChI=1S/C30H34F5N7O/c1-19-18-42(12-10-40(19)3)27-15-25(32)23(20-16-36-29(37-17-20)41-8-4-7-39(2)9-11-41)14-26(27)38-28(43)22-6-5-21(31)13-24(22)30(33,34)35/h5-6,13-17,19H,4,7-12,18H2,1-3H3,(H,38,43). The summed E-state index contributed by atoms with van der Waals surface area (Å²) < 4.78 is 70.5. The van der Waals surface area contributed by atoms with E-state index in [-0.39, 0.29) is 23.4 Å². The lowest BCUT2D eigenvalue weighted by atomic mass is 10.0. The van der Waals surface area contributed by atoms with Crippen LogP contribution in [0.25, 0.3) is 11.1 Å². The zero-order valence-corrected chi connectivity index (χ0v) is 24.3. The molecule has 0 aliphatic carbocycles. The van der Waals surface area contributed by atoms with Gasteiger partial charge in [0.15, 0.2) is 0 Å². The van der Waals surface area contributed by atoms with Crippen molar-refractivity contribution in [1.82, 2.24) is 19.8 Å². The number of rotatable bonds is 5. The van der Waals surface area contributed by atoms with Gasteiger partial charge in [-0.2, -0.15) is 13.2 Å². The first kappa shape index (κ1) is 30.6. The molecular formula is C30H34F5N7O. The molecule has 43 heavy (non-hydrogen) atoms. The van der Waals surface area contributed by atoms with Crippen molar-refractivity contribution in [2.75, 3.05) is 75.0 Å². The molecule has 1 atom stereocenters. The number of hydrogen-bond donors (Lipinski definition) is 1. The van der Waals surface area contributed by atoms with Gasteiger partial charge < -0.3 is 24.9 Å². The van der Waals surface area contributed by atoms with E-state index in [1.807, 2.05) is 18.9 Å². The molecule has 3 heterocycles. The maximum atomic E-state index is 15.7. The van der Waals surface area contributed by atoms with E-state index in [0.29, 0.717) is 36.8 Å². The predicted molar refractivity (Wildman–Crippen MR) is 155 cm³/mol. The second-order valence-electron chi connectivity index (χ2n) is 11.2. The maximum Gasteiger partial charge on any atom is 0.417 e. The number of alkyl halides is 3. The summed E-state index contributed by atoms with van der Waals surface area (Å²) in [5.74, 6) is -2.28. The molecule has 2 saturated heterocycles. The largest absolute Gasteiger partial charge is 0.417 e. The van der Waals surface area contributed by atoms with Crippen molar-refractivity contribution >= 4 is 23.2 Å². The fourth-order valence-electron chi connectivity index (χ4n) is 5.42. The minimum atomic E-state index is -4.96. The third-order valence-corrected chi connectivity index (χ3v) is 8.12. The van der Waals surface area contributed by atoms with Crippen LogP contribution in [0.2, 0.25) is 0 Å². The minimum absolute atomic E-state index is 0.0820. The highest BCUT2D eigenvalue weighted by Crippen LogP contribution is 2.37. The molecule has 5 rings (SSSR count). The molecule has 2 aliphatic rings. The van der Waals surface area contributed by atoms with Crippen LogP contribution in [0.1, 0.15) is 29.3 Å². The Hall–Kier alpha value is -3.84. The van der Waals surface area contributed by atoms with Crippen molar-refractivity contribution in [3.05, 3.63) is 65.5 Å². The van der Waals surface area contributed by atoms with Gasteiger partial charge in [0.2, 0.25) is 5.95 Å². The summed E-state index contributed by atoms with van der Waals surface area (Å²) in [6.45, 7) is 7.05. The van der Waals surface area contributed by atoms with Gasteiger partial charge in [-0.25, -0.2) is 18.7 Å². The van der Waals surface area contributed by atoms with Crippen molar-refractivity contribution in [3.8, 4) is 11.1 Å². The fraction of sp³-hybridized carbons (Fsp3) is 0.433. The molecular weight excluding hydrogens is 569 g/mol. The van der Waals surface area contributed by atoms with Crippen LogP contribution in [-0.2, 0) is 6.18 Å². The Labute approximate surface area is 247 Å². The number of aromatic nitrogens is 2. The van der Waals surface area contributed by atoms with Gasteiger partial charge in [-0.1, -0.05) is 0 Å². The number of piperazine rings is 1. The van der Waals surface area contributed by atoms with Gasteiger partial charge in [-0.3, -0.25) is 4.79 Å². The number of nitrogens with one attached hydrogen (secondary N) is 1. The van der Waals surface area contributed by atoms with Gasteiger partial charge in [-0.05, 0) is 64.3 Å². The molecule has 1 N–H and O–H groups in total. The third-order valence-electron chi connectivity index (χ3n) is 8.12. The fourth-order valence-corrected chi connectivity index (χ4v) is 5.42. The Kier molecular flexibility index (Phi) is 8.84. The lowest BCUT2D eigenvalue weighted by Gasteiger charge is -2.39. The van der Waals surface area contributed by atoms with Crippen LogP contribution in [0.15, 0.2) is 42.7 Å². The van der Waals surface area contributed by atoms with Crippen LogP contribution >= 0.6 is 0 Å². The van der Waals surface area contributed by atoms with Crippen molar-refractivity contribution in [1.29, 1.82) is 0 Å². The van der Waals surface area contributed by atoms with Crippen LogP contribution in [0, 0.1) is 11.6 Å². The van der Waals surface area contributed by atoms with Crippen molar-refractivity contribution < 1.29 is 26.7 Å². The van der Waals surface area contributed by atoms with E-state index in [1.165, 1.54) is 24.5 Å². The number of likely N-dealkylation sites (N-methyl/N-ethyl adjacent to an activating group) is 2. The summed E-state index contributed by atoms with van der Waals surface area (Å²) in [6, 6.07) is 4.65. The van der Waals surface area contributed by atoms with E-state index in [2.05, 4.69) is 37.0 Å². The SMILES string of the molecule is CC1CN(c2cc(F)c(-c3cnc(N4CCCN(C)CC4)nc3)cc2NC(=O)c2ccc(F)cc2C(F)(F)F)CCN1C. The number of carbonyl (C=O) groups excluding carboxylic acids is 1. The highest BCUT2D eigenvalue weighted by atomic mass is 19.4. The summed E-state index contributed by atoms with van der Waals surface area (Å²) in [6.07, 6.45) is -1.00.